The van der Waals surface area contributed by atoms with Crippen LogP contribution in [0.3, 0.4) is 0 Å². The van der Waals surface area contributed by atoms with Gasteiger partial charge in [-0.05, 0) is 24.6 Å². The van der Waals surface area contributed by atoms with Gasteiger partial charge >= 0.3 is 0 Å². The zero-order chi connectivity index (χ0) is 23.9. The number of fused-ring (bicyclic) bond motifs is 2. The van der Waals surface area contributed by atoms with Crippen molar-refractivity contribution in [2.75, 3.05) is 31.7 Å². The van der Waals surface area contributed by atoms with E-state index >= 15 is 0 Å². The van der Waals surface area contributed by atoms with Gasteiger partial charge in [0.1, 0.15) is 11.6 Å². The minimum absolute atomic E-state index is 0.00494. The molecule has 170 valence electrons. The van der Waals surface area contributed by atoms with Gasteiger partial charge in [-0.3, -0.25) is 14.4 Å². The van der Waals surface area contributed by atoms with Crippen LogP contribution in [0.4, 0.5) is 10.1 Å². The van der Waals surface area contributed by atoms with Crippen molar-refractivity contribution in [1.29, 1.82) is 0 Å². The number of anilines is 1. The molecule has 1 fully saturated rings. The minimum Gasteiger partial charge on any atom is -0.507 e. The third-order valence-corrected chi connectivity index (χ3v) is 6.09. The number of aryl methyl sites for hydroxylation is 1. The van der Waals surface area contributed by atoms with Crippen molar-refractivity contribution in [2.45, 2.75) is 12.5 Å². The molecule has 0 radical (unpaired) electrons. The van der Waals surface area contributed by atoms with Crippen LogP contribution in [-0.4, -0.2) is 54.4 Å². The molecule has 0 aliphatic carbocycles. The van der Waals surface area contributed by atoms with E-state index in [1.165, 1.54) is 30.2 Å². The number of carbonyl (C=O) groups excluding carboxylic acids is 3. The van der Waals surface area contributed by atoms with Gasteiger partial charge in [0, 0.05) is 31.3 Å². The first-order chi connectivity index (χ1) is 15.8. The molecule has 2 aromatic carbocycles. The molecule has 2 heterocycles. The number of benzene rings is 2. The van der Waals surface area contributed by atoms with Gasteiger partial charge in [-0.1, -0.05) is 36.4 Å². The Balaban J connectivity index is 2.07. The molecule has 0 saturated carbocycles. The van der Waals surface area contributed by atoms with E-state index in [9.17, 15) is 23.9 Å². The highest BCUT2D eigenvalue weighted by molar-refractivity contribution is 6.50. The lowest BCUT2D eigenvalue weighted by Crippen LogP contribution is -2.52. The van der Waals surface area contributed by atoms with E-state index in [4.69, 9.17) is 4.74 Å². The topological polar surface area (TPSA) is 87.2 Å². The molecule has 7 nitrogen and oxygen atoms in total. The second-order valence-electron chi connectivity index (χ2n) is 7.90. The lowest BCUT2D eigenvalue weighted by atomic mass is 9.82. The molecule has 1 spiro atoms. The number of amides is 2. The number of halogens is 1. The first-order valence-corrected chi connectivity index (χ1v) is 10.4. The second-order valence-corrected chi connectivity index (χ2v) is 7.90. The van der Waals surface area contributed by atoms with Gasteiger partial charge < -0.3 is 19.6 Å². The average Bonchev–Trinajstić information content (AvgIpc) is 3.18. The smallest absolute Gasteiger partial charge is 0.296 e. The standard InChI is InChI=1S/C25H23FN2O5/c1-4-11-27-19-8-6-5-7-17(19)25(24(27)32)20(22(30)23(31)28(25)12-13-33-3)21(29)16-10-9-15(2)18(26)14-16/h4-10,14,29H,1,11-13H2,2-3H3/t25-/m0/s1. The summed E-state index contributed by atoms with van der Waals surface area (Å²) in [6.45, 7) is 5.38. The van der Waals surface area contributed by atoms with Crippen LogP contribution in [0.15, 0.2) is 60.7 Å². The summed E-state index contributed by atoms with van der Waals surface area (Å²) in [5.41, 5.74) is -1.08. The maximum atomic E-state index is 14.3. The summed E-state index contributed by atoms with van der Waals surface area (Å²) < 4.78 is 19.4. The number of nitrogens with zero attached hydrogens (tertiary/aromatic N) is 2. The normalized spacial score (nSPS) is 21.2. The van der Waals surface area contributed by atoms with E-state index in [0.717, 1.165) is 11.0 Å². The zero-order valence-corrected chi connectivity index (χ0v) is 18.3. The number of carbonyl (C=O) groups is 3. The fourth-order valence-electron chi connectivity index (χ4n) is 4.54. The number of likely N-dealkylation sites (tertiary alicyclic amines) is 1. The number of methoxy groups -OCH3 is 1. The van der Waals surface area contributed by atoms with Crippen LogP contribution in [-0.2, 0) is 24.7 Å². The monoisotopic (exact) mass is 450 g/mol. The SMILES string of the molecule is C=CCN1C(=O)[C@@]2(C(=C(O)c3ccc(C)c(F)c3)C(=O)C(=O)N2CCOC)c2ccccc21. The molecular formula is C25H23FN2O5. The number of aliphatic hydroxyl groups excluding tert-OH is 1. The molecule has 1 N–H and O–H groups in total. The van der Waals surface area contributed by atoms with Crippen LogP contribution in [0.25, 0.3) is 5.76 Å². The highest BCUT2D eigenvalue weighted by atomic mass is 19.1. The van der Waals surface area contributed by atoms with Crippen LogP contribution in [0.5, 0.6) is 0 Å². The fraction of sp³-hybridized carbons (Fsp3) is 0.240. The van der Waals surface area contributed by atoms with Crippen LogP contribution in [0, 0.1) is 12.7 Å². The van der Waals surface area contributed by atoms with Crippen molar-refractivity contribution >= 4 is 29.0 Å². The highest BCUT2D eigenvalue weighted by Gasteiger charge is 2.66. The number of aliphatic hydroxyl groups is 1. The van der Waals surface area contributed by atoms with Crippen molar-refractivity contribution in [1.82, 2.24) is 4.90 Å². The summed E-state index contributed by atoms with van der Waals surface area (Å²) in [5.74, 6) is -3.74. The van der Waals surface area contributed by atoms with E-state index in [1.54, 1.807) is 31.2 Å². The maximum absolute atomic E-state index is 14.3. The zero-order valence-electron chi connectivity index (χ0n) is 18.3. The van der Waals surface area contributed by atoms with Gasteiger partial charge in [-0.2, -0.15) is 0 Å². The van der Waals surface area contributed by atoms with E-state index in [2.05, 4.69) is 6.58 Å². The molecule has 0 aromatic heterocycles. The van der Waals surface area contributed by atoms with Gasteiger partial charge in [0.25, 0.3) is 17.6 Å². The number of para-hydroxylation sites is 1. The molecule has 4 rings (SSSR count). The number of hydrogen-bond acceptors (Lipinski definition) is 5. The first-order valence-electron chi connectivity index (χ1n) is 10.4. The Labute approximate surface area is 190 Å². The Bertz CT molecular complexity index is 1220. The van der Waals surface area contributed by atoms with E-state index in [-0.39, 0.29) is 25.3 Å². The Morgan fingerprint density at radius 2 is 1.94 bits per heavy atom. The number of rotatable bonds is 6. The minimum atomic E-state index is -1.91. The van der Waals surface area contributed by atoms with Crippen LogP contribution in [0.1, 0.15) is 16.7 Å². The molecule has 1 saturated heterocycles. The van der Waals surface area contributed by atoms with Crippen LogP contribution >= 0.6 is 0 Å². The van der Waals surface area contributed by atoms with Gasteiger partial charge in [0.2, 0.25) is 0 Å². The summed E-state index contributed by atoms with van der Waals surface area (Å²) >= 11 is 0. The predicted molar refractivity (Wildman–Crippen MR) is 120 cm³/mol. The summed E-state index contributed by atoms with van der Waals surface area (Å²) in [5, 5.41) is 11.2. The van der Waals surface area contributed by atoms with Gasteiger partial charge in [0.05, 0.1) is 17.9 Å². The maximum Gasteiger partial charge on any atom is 0.296 e. The number of hydrogen-bond donors (Lipinski definition) is 1. The van der Waals surface area contributed by atoms with Crippen molar-refractivity contribution in [3.8, 4) is 0 Å². The third kappa shape index (κ3) is 3.09. The van der Waals surface area contributed by atoms with Crippen molar-refractivity contribution < 1.29 is 28.6 Å². The van der Waals surface area contributed by atoms with Crippen LogP contribution < -0.4 is 4.90 Å². The molecule has 2 aromatic rings. The van der Waals surface area contributed by atoms with Crippen LogP contribution in [0.2, 0.25) is 0 Å². The molecular weight excluding hydrogens is 427 g/mol. The molecule has 0 bridgehead atoms. The molecule has 2 aliphatic rings. The number of Topliss-reactive ketones (excluding diaryl/α,β-unsaturated/α-hetero) is 1. The second kappa shape index (κ2) is 8.29. The Kier molecular flexibility index (Phi) is 5.63. The van der Waals surface area contributed by atoms with Crippen molar-refractivity contribution in [3.63, 3.8) is 0 Å². The Hall–Kier alpha value is -3.78. The third-order valence-electron chi connectivity index (χ3n) is 6.09. The van der Waals surface area contributed by atoms with E-state index in [0.29, 0.717) is 16.8 Å². The van der Waals surface area contributed by atoms with Crippen molar-refractivity contribution in [2.24, 2.45) is 0 Å². The van der Waals surface area contributed by atoms with Gasteiger partial charge in [-0.25, -0.2) is 4.39 Å². The largest absolute Gasteiger partial charge is 0.507 e. The van der Waals surface area contributed by atoms with Gasteiger partial charge in [-0.15, -0.1) is 6.58 Å². The number of ether oxygens (including phenoxy) is 1. The predicted octanol–water partition coefficient (Wildman–Crippen LogP) is 2.89. The summed E-state index contributed by atoms with van der Waals surface area (Å²) in [6.07, 6.45) is 1.53. The average molecular weight is 450 g/mol. The molecule has 33 heavy (non-hydrogen) atoms. The molecule has 8 heteroatoms. The number of ketones is 1. The van der Waals surface area contributed by atoms with E-state index in [1.807, 2.05) is 0 Å². The molecule has 2 aliphatic heterocycles. The lowest BCUT2D eigenvalue weighted by Gasteiger charge is -2.34. The lowest BCUT2D eigenvalue weighted by molar-refractivity contribution is -0.144. The molecule has 1 atom stereocenters. The summed E-state index contributed by atoms with van der Waals surface area (Å²) in [4.78, 5) is 43.0. The molecule has 2 amide bonds. The summed E-state index contributed by atoms with van der Waals surface area (Å²) in [6, 6.07) is 10.7. The first kappa shape index (κ1) is 22.4. The highest BCUT2D eigenvalue weighted by Crippen LogP contribution is 2.53. The fourth-order valence-corrected chi connectivity index (χ4v) is 4.54. The van der Waals surface area contributed by atoms with Gasteiger partial charge in [0.15, 0.2) is 5.54 Å². The Morgan fingerprint density at radius 3 is 2.61 bits per heavy atom. The Morgan fingerprint density at radius 1 is 1.21 bits per heavy atom. The molecule has 0 unspecified atom stereocenters. The van der Waals surface area contributed by atoms with Crippen molar-refractivity contribution in [3.05, 3.63) is 83.2 Å². The van der Waals surface area contributed by atoms with E-state index < -0.39 is 40.3 Å². The quantitative estimate of drug-likeness (QED) is 0.317. The summed E-state index contributed by atoms with van der Waals surface area (Å²) in [7, 11) is 1.44.